The van der Waals surface area contributed by atoms with Crippen molar-refractivity contribution in [2.24, 2.45) is 0 Å². The smallest absolute Gasteiger partial charge is 0.251 e. The van der Waals surface area contributed by atoms with Gasteiger partial charge in [-0.2, -0.15) is 0 Å². The predicted molar refractivity (Wildman–Crippen MR) is 67.7 cm³/mol. The molecule has 2 N–H and O–H groups in total. The Bertz CT molecular complexity index is 587. The quantitative estimate of drug-likeness (QED) is 0.878. The Balaban J connectivity index is 2.03. The normalized spacial score (nSPS) is 10.2. The van der Waals surface area contributed by atoms with E-state index < -0.39 is 0 Å². The molecule has 0 aliphatic rings. The van der Waals surface area contributed by atoms with Crippen LogP contribution in [0, 0.1) is 5.82 Å². The van der Waals surface area contributed by atoms with Gasteiger partial charge in [-0.25, -0.2) is 4.39 Å². The van der Waals surface area contributed by atoms with Crippen LogP contribution in [0.15, 0.2) is 42.6 Å². The van der Waals surface area contributed by atoms with Gasteiger partial charge >= 0.3 is 0 Å². The van der Waals surface area contributed by atoms with Crippen molar-refractivity contribution in [3.8, 4) is 0 Å². The topological polar surface area (TPSA) is 62.2 Å². The van der Waals surface area contributed by atoms with Gasteiger partial charge in [-0.1, -0.05) is 18.2 Å². The summed E-state index contributed by atoms with van der Waals surface area (Å²) in [7, 11) is 0. The molecule has 19 heavy (non-hydrogen) atoms. The highest BCUT2D eigenvalue weighted by Crippen LogP contribution is 2.07. The summed E-state index contributed by atoms with van der Waals surface area (Å²) in [6, 6.07) is 9.30. The van der Waals surface area contributed by atoms with Crippen molar-refractivity contribution >= 4 is 5.91 Å². The van der Waals surface area contributed by atoms with Gasteiger partial charge in [-0.3, -0.25) is 9.78 Å². The van der Waals surface area contributed by atoms with Crippen LogP contribution >= 0.6 is 0 Å². The van der Waals surface area contributed by atoms with E-state index in [2.05, 4.69) is 10.3 Å². The molecule has 5 heteroatoms. The lowest BCUT2D eigenvalue weighted by Crippen LogP contribution is -2.23. The molecule has 1 heterocycles. The fraction of sp³-hybridized carbons (Fsp3) is 0.143. The van der Waals surface area contributed by atoms with Crippen molar-refractivity contribution in [2.45, 2.75) is 13.2 Å². The second kappa shape index (κ2) is 6.06. The third-order valence-electron chi connectivity index (χ3n) is 2.64. The van der Waals surface area contributed by atoms with Crippen molar-refractivity contribution in [3.05, 3.63) is 65.2 Å². The Labute approximate surface area is 109 Å². The standard InChI is InChI=1S/C14H13FN2O2/c15-13-4-2-1-3-11(13)8-17-14(19)10-5-6-16-12(7-10)9-18/h1-7,18H,8-9H2,(H,17,19). The van der Waals surface area contributed by atoms with Gasteiger partial charge in [0.1, 0.15) is 5.82 Å². The van der Waals surface area contributed by atoms with Crippen LogP contribution in [-0.4, -0.2) is 16.0 Å². The van der Waals surface area contributed by atoms with Crippen LogP contribution in [0.1, 0.15) is 21.6 Å². The van der Waals surface area contributed by atoms with Crippen LogP contribution in [0.5, 0.6) is 0 Å². The average Bonchev–Trinajstić information content (AvgIpc) is 2.46. The van der Waals surface area contributed by atoms with E-state index in [-0.39, 0.29) is 24.9 Å². The predicted octanol–water partition coefficient (Wildman–Crippen LogP) is 1.64. The monoisotopic (exact) mass is 260 g/mol. The van der Waals surface area contributed by atoms with Gasteiger partial charge in [0.2, 0.25) is 0 Å². The van der Waals surface area contributed by atoms with Gasteiger partial charge in [0.05, 0.1) is 12.3 Å². The number of carbonyl (C=O) groups is 1. The fourth-order valence-corrected chi connectivity index (χ4v) is 1.63. The number of carbonyl (C=O) groups excluding carboxylic acids is 1. The molecule has 0 unspecified atom stereocenters. The molecule has 2 aromatic rings. The number of amides is 1. The largest absolute Gasteiger partial charge is 0.390 e. The Morgan fingerprint density at radius 1 is 1.32 bits per heavy atom. The van der Waals surface area contributed by atoms with Crippen LogP contribution in [0.2, 0.25) is 0 Å². The van der Waals surface area contributed by atoms with Gasteiger partial charge in [0.25, 0.3) is 5.91 Å². The Morgan fingerprint density at radius 3 is 2.84 bits per heavy atom. The zero-order valence-corrected chi connectivity index (χ0v) is 10.1. The highest BCUT2D eigenvalue weighted by atomic mass is 19.1. The number of aliphatic hydroxyl groups is 1. The van der Waals surface area contributed by atoms with Gasteiger partial charge in [-0.05, 0) is 18.2 Å². The van der Waals surface area contributed by atoms with Crippen molar-refractivity contribution in [1.82, 2.24) is 10.3 Å². The third kappa shape index (κ3) is 3.35. The van der Waals surface area contributed by atoms with E-state index in [1.807, 2.05) is 0 Å². The molecule has 0 atom stereocenters. The number of aliphatic hydroxyl groups excluding tert-OH is 1. The fourth-order valence-electron chi connectivity index (χ4n) is 1.63. The molecular formula is C14H13FN2O2. The van der Waals surface area contributed by atoms with Crippen LogP contribution in [-0.2, 0) is 13.2 Å². The first-order valence-corrected chi connectivity index (χ1v) is 5.78. The number of hydrogen-bond acceptors (Lipinski definition) is 3. The lowest BCUT2D eigenvalue weighted by molar-refractivity contribution is 0.0950. The minimum absolute atomic E-state index is 0.113. The second-order valence-corrected chi connectivity index (χ2v) is 3.97. The van der Waals surface area contributed by atoms with Crippen molar-refractivity contribution in [3.63, 3.8) is 0 Å². The van der Waals surface area contributed by atoms with Crippen LogP contribution < -0.4 is 5.32 Å². The van der Waals surface area contributed by atoms with Gasteiger partial charge in [0.15, 0.2) is 0 Å². The maximum absolute atomic E-state index is 13.4. The zero-order valence-electron chi connectivity index (χ0n) is 10.1. The van der Waals surface area contributed by atoms with Crippen molar-refractivity contribution < 1.29 is 14.3 Å². The highest BCUT2D eigenvalue weighted by Gasteiger charge is 2.07. The number of halogens is 1. The molecule has 0 radical (unpaired) electrons. The van der Waals surface area contributed by atoms with Crippen LogP contribution in [0.4, 0.5) is 4.39 Å². The first-order chi connectivity index (χ1) is 9.20. The van der Waals surface area contributed by atoms with E-state index in [9.17, 15) is 9.18 Å². The van der Waals surface area contributed by atoms with Gasteiger partial charge in [-0.15, -0.1) is 0 Å². The molecule has 1 aromatic heterocycles. The Hall–Kier alpha value is -2.27. The maximum Gasteiger partial charge on any atom is 0.251 e. The third-order valence-corrected chi connectivity index (χ3v) is 2.64. The minimum atomic E-state index is -0.353. The van der Waals surface area contributed by atoms with Gasteiger partial charge in [0, 0.05) is 23.9 Å². The molecule has 0 saturated carbocycles. The molecule has 0 fully saturated rings. The molecule has 98 valence electrons. The van der Waals surface area contributed by atoms with E-state index in [4.69, 9.17) is 5.11 Å². The molecule has 0 saturated heterocycles. The van der Waals surface area contributed by atoms with Crippen molar-refractivity contribution in [1.29, 1.82) is 0 Å². The number of nitrogens with one attached hydrogen (secondary N) is 1. The zero-order chi connectivity index (χ0) is 13.7. The molecule has 2 rings (SSSR count). The maximum atomic E-state index is 13.4. The molecule has 0 aliphatic carbocycles. The molecule has 0 bridgehead atoms. The minimum Gasteiger partial charge on any atom is -0.390 e. The van der Waals surface area contributed by atoms with E-state index in [0.717, 1.165) is 0 Å². The number of hydrogen-bond donors (Lipinski definition) is 2. The summed E-state index contributed by atoms with van der Waals surface area (Å²) < 4.78 is 13.4. The summed E-state index contributed by atoms with van der Waals surface area (Å²) in [5.41, 5.74) is 1.22. The Kier molecular flexibility index (Phi) is 4.20. The molecule has 1 aromatic carbocycles. The lowest BCUT2D eigenvalue weighted by Gasteiger charge is -2.06. The molecule has 0 aliphatic heterocycles. The second-order valence-electron chi connectivity index (χ2n) is 3.97. The summed E-state index contributed by atoms with van der Waals surface area (Å²) >= 11 is 0. The number of aromatic nitrogens is 1. The molecular weight excluding hydrogens is 247 g/mol. The SMILES string of the molecule is O=C(NCc1ccccc1F)c1ccnc(CO)c1. The molecule has 4 nitrogen and oxygen atoms in total. The highest BCUT2D eigenvalue weighted by molar-refractivity contribution is 5.94. The van der Waals surface area contributed by atoms with E-state index in [0.29, 0.717) is 16.8 Å². The molecule has 0 spiro atoms. The van der Waals surface area contributed by atoms with Crippen molar-refractivity contribution in [2.75, 3.05) is 0 Å². The van der Waals surface area contributed by atoms with Crippen LogP contribution in [0.3, 0.4) is 0 Å². The number of rotatable bonds is 4. The van der Waals surface area contributed by atoms with E-state index in [1.54, 1.807) is 18.2 Å². The first kappa shape index (κ1) is 13.2. The lowest BCUT2D eigenvalue weighted by atomic mass is 10.2. The summed E-state index contributed by atoms with van der Waals surface area (Å²) in [6.45, 7) is -0.114. The Morgan fingerprint density at radius 2 is 2.11 bits per heavy atom. The number of nitrogens with zero attached hydrogens (tertiary/aromatic N) is 1. The molecule has 1 amide bonds. The number of pyridine rings is 1. The summed E-state index contributed by atoms with van der Waals surface area (Å²) in [4.78, 5) is 15.7. The average molecular weight is 260 g/mol. The first-order valence-electron chi connectivity index (χ1n) is 5.78. The summed E-state index contributed by atoms with van der Waals surface area (Å²) in [5.74, 6) is -0.686. The summed E-state index contributed by atoms with van der Waals surface area (Å²) in [5, 5.41) is 11.6. The number of benzene rings is 1. The van der Waals surface area contributed by atoms with Crippen LogP contribution in [0.25, 0.3) is 0 Å². The van der Waals surface area contributed by atoms with Gasteiger partial charge < -0.3 is 10.4 Å². The summed E-state index contributed by atoms with van der Waals surface area (Å²) in [6.07, 6.45) is 1.45. The van der Waals surface area contributed by atoms with E-state index >= 15 is 0 Å². The van der Waals surface area contributed by atoms with E-state index in [1.165, 1.54) is 24.4 Å².